The number of aromatic nitrogens is 7. The molecule has 1 saturated heterocycles. The minimum Gasteiger partial charge on any atom is -0.391 e. The molecule has 1 aromatic carbocycles. The zero-order valence-corrected chi connectivity index (χ0v) is 17.4. The van der Waals surface area contributed by atoms with Gasteiger partial charge in [-0.05, 0) is 18.2 Å². The largest absolute Gasteiger partial charge is 0.391 e. The first kappa shape index (κ1) is 19.0. The number of aliphatic hydroxyl groups is 1. The predicted molar refractivity (Wildman–Crippen MR) is 118 cm³/mol. The number of benzene rings is 1. The molecule has 1 aliphatic rings. The van der Waals surface area contributed by atoms with Crippen LogP contribution < -0.4 is 10.5 Å². The number of nitrogens with zero attached hydrogens (tertiary/aromatic N) is 7. The van der Waals surface area contributed by atoms with Crippen LogP contribution >= 0.6 is 11.6 Å². The molecule has 160 valence electrons. The first-order valence-electron chi connectivity index (χ1n) is 10.1. The van der Waals surface area contributed by atoms with E-state index >= 15 is 0 Å². The molecule has 5 heterocycles. The molecule has 4 aromatic heterocycles. The Bertz CT molecular complexity index is 1510. The average Bonchev–Trinajstić information content (AvgIpc) is 3.52. The van der Waals surface area contributed by atoms with Crippen molar-refractivity contribution in [2.24, 2.45) is 0 Å². The normalized spacial score (nSPS) is 18.8. The second-order valence-electron chi connectivity index (χ2n) is 7.65. The molecule has 0 radical (unpaired) electrons. The van der Waals surface area contributed by atoms with E-state index in [2.05, 4.69) is 19.9 Å². The van der Waals surface area contributed by atoms with Crippen LogP contribution in [0.2, 0.25) is 5.02 Å². The summed E-state index contributed by atoms with van der Waals surface area (Å²) in [4.78, 5) is 31.4. The predicted octanol–water partition coefficient (Wildman–Crippen LogP) is 2.12. The molecule has 11 heteroatoms. The lowest BCUT2D eigenvalue weighted by atomic mass is 10.1. The minimum absolute atomic E-state index is 0.285. The van der Waals surface area contributed by atoms with Crippen molar-refractivity contribution in [1.82, 2.24) is 34.1 Å². The molecule has 0 spiro atoms. The molecule has 0 bridgehead atoms. The second-order valence-corrected chi connectivity index (χ2v) is 8.05. The fourth-order valence-corrected chi connectivity index (χ4v) is 4.58. The number of imidazole rings is 1. The molecular weight excluding hydrogens is 432 g/mol. The molecule has 0 saturated carbocycles. The number of aromatic amines is 1. The van der Waals surface area contributed by atoms with Crippen molar-refractivity contribution in [2.75, 3.05) is 11.4 Å². The highest BCUT2D eigenvalue weighted by Crippen LogP contribution is 2.37. The Morgan fingerprint density at radius 2 is 1.97 bits per heavy atom. The average molecular weight is 449 g/mol. The number of β-amino-alcohol motifs (C(OH)–C–C–N with tert-alkyl or cyclic N) is 1. The Morgan fingerprint density at radius 1 is 1.12 bits per heavy atom. The third kappa shape index (κ3) is 2.80. The van der Waals surface area contributed by atoms with Crippen molar-refractivity contribution in [2.45, 2.75) is 18.6 Å². The van der Waals surface area contributed by atoms with E-state index in [9.17, 15) is 9.90 Å². The fraction of sp³-hybridized carbons (Fsp3) is 0.190. The first-order chi connectivity index (χ1) is 15.6. The van der Waals surface area contributed by atoms with E-state index in [1.54, 1.807) is 23.2 Å². The van der Waals surface area contributed by atoms with E-state index < -0.39 is 12.1 Å². The van der Waals surface area contributed by atoms with Gasteiger partial charge in [-0.15, -0.1) is 0 Å². The summed E-state index contributed by atoms with van der Waals surface area (Å²) >= 11 is 6.30. The summed E-state index contributed by atoms with van der Waals surface area (Å²) in [6.45, 7) is 0.324. The van der Waals surface area contributed by atoms with Gasteiger partial charge in [0.15, 0.2) is 17.3 Å². The highest BCUT2D eigenvalue weighted by Gasteiger charge is 2.38. The Labute approximate surface area is 185 Å². The van der Waals surface area contributed by atoms with Crippen LogP contribution in [0.1, 0.15) is 18.3 Å². The lowest BCUT2D eigenvalue weighted by molar-refractivity contribution is 0.193. The van der Waals surface area contributed by atoms with E-state index in [0.717, 1.165) is 0 Å². The van der Waals surface area contributed by atoms with Gasteiger partial charge in [0.1, 0.15) is 17.4 Å². The maximum atomic E-state index is 13.6. The molecule has 0 amide bonds. The molecule has 1 fully saturated rings. The number of H-pyrrole nitrogens is 1. The third-order valence-electron chi connectivity index (χ3n) is 5.73. The lowest BCUT2D eigenvalue weighted by Gasteiger charge is -2.27. The van der Waals surface area contributed by atoms with Crippen molar-refractivity contribution in [3.63, 3.8) is 0 Å². The van der Waals surface area contributed by atoms with Gasteiger partial charge < -0.3 is 15.0 Å². The number of hydrogen-bond acceptors (Lipinski definition) is 7. The van der Waals surface area contributed by atoms with Crippen LogP contribution in [0.25, 0.3) is 22.4 Å². The highest BCUT2D eigenvalue weighted by atomic mass is 35.5. The summed E-state index contributed by atoms with van der Waals surface area (Å²) in [6, 6.07) is 10.5. The van der Waals surface area contributed by atoms with Gasteiger partial charge >= 0.3 is 0 Å². The van der Waals surface area contributed by atoms with Crippen molar-refractivity contribution in [1.29, 1.82) is 0 Å². The van der Waals surface area contributed by atoms with Crippen LogP contribution in [-0.2, 0) is 0 Å². The van der Waals surface area contributed by atoms with Crippen molar-refractivity contribution in [3.05, 3.63) is 76.5 Å². The van der Waals surface area contributed by atoms with E-state index in [1.165, 1.54) is 10.8 Å². The lowest BCUT2D eigenvalue weighted by Crippen LogP contribution is -2.33. The van der Waals surface area contributed by atoms with Gasteiger partial charge in [-0.25, -0.2) is 19.5 Å². The van der Waals surface area contributed by atoms with Crippen molar-refractivity contribution in [3.8, 4) is 5.69 Å². The molecule has 2 N–H and O–H groups in total. The number of aliphatic hydroxyl groups excluding tert-OH is 1. The van der Waals surface area contributed by atoms with Gasteiger partial charge in [0, 0.05) is 19.2 Å². The smallest absolute Gasteiger partial charge is 0.284 e. The highest BCUT2D eigenvalue weighted by molar-refractivity contribution is 6.33. The quantitative estimate of drug-likeness (QED) is 0.434. The molecule has 0 aliphatic carbocycles. The van der Waals surface area contributed by atoms with E-state index in [0.29, 0.717) is 52.0 Å². The number of para-hydroxylation sites is 1. The third-order valence-corrected chi connectivity index (χ3v) is 6.03. The topological polar surface area (TPSA) is 117 Å². The van der Waals surface area contributed by atoms with Crippen LogP contribution in [0.5, 0.6) is 0 Å². The zero-order chi connectivity index (χ0) is 21.8. The van der Waals surface area contributed by atoms with Gasteiger partial charge in [0.2, 0.25) is 0 Å². The first-order valence-corrected chi connectivity index (χ1v) is 10.4. The summed E-state index contributed by atoms with van der Waals surface area (Å²) in [7, 11) is 0. The molecule has 5 aromatic rings. The van der Waals surface area contributed by atoms with Gasteiger partial charge in [0.05, 0.1) is 29.2 Å². The molecule has 0 unspecified atom stereocenters. The number of nitrogens with one attached hydrogen (secondary N) is 1. The number of anilines is 1. The number of rotatable bonds is 3. The Kier molecular flexibility index (Phi) is 4.23. The summed E-state index contributed by atoms with van der Waals surface area (Å²) in [6.07, 6.45) is 4.40. The molecule has 2 atom stereocenters. The van der Waals surface area contributed by atoms with Crippen LogP contribution in [0.3, 0.4) is 0 Å². The molecular formula is C21H17ClN8O2. The fourth-order valence-electron chi connectivity index (χ4n) is 4.35. The molecule has 32 heavy (non-hydrogen) atoms. The second kappa shape index (κ2) is 7.14. The summed E-state index contributed by atoms with van der Waals surface area (Å²) < 4.78 is 3.05. The zero-order valence-electron chi connectivity index (χ0n) is 16.6. The van der Waals surface area contributed by atoms with Crippen molar-refractivity contribution >= 4 is 34.1 Å². The van der Waals surface area contributed by atoms with Crippen molar-refractivity contribution < 1.29 is 5.11 Å². The maximum Gasteiger partial charge on any atom is 0.284 e. The van der Waals surface area contributed by atoms with Crippen LogP contribution in [0.4, 0.5) is 5.82 Å². The van der Waals surface area contributed by atoms with E-state index in [1.807, 2.05) is 35.2 Å². The Balaban J connectivity index is 1.61. The van der Waals surface area contributed by atoms with E-state index in [4.69, 9.17) is 16.7 Å². The van der Waals surface area contributed by atoms with Gasteiger partial charge in [-0.2, -0.15) is 5.10 Å². The number of halogens is 1. The van der Waals surface area contributed by atoms with Crippen LogP contribution in [-0.4, -0.2) is 51.9 Å². The van der Waals surface area contributed by atoms with Gasteiger partial charge in [-0.1, -0.05) is 29.8 Å². The summed E-state index contributed by atoms with van der Waals surface area (Å²) in [5.41, 5.74) is 1.85. The SMILES string of the molecule is O=c1c2c(Cl)ccn2nc([C@@H]2C[C@H](O)CN2c2ncnc3nc[nH]c23)n1-c1ccccc1. The monoisotopic (exact) mass is 448 g/mol. The minimum atomic E-state index is -0.627. The Hall–Kier alpha value is -3.76. The summed E-state index contributed by atoms with van der Waals surface area (Å²) in [5, 5.41) is 15.7. The van der Waals surface area contributed by atoms with Gasteiger partial charge in [0.25, 0.3) is 5.56 Å². The molecule has 10 nitrogen and oxygen atoms in total. The van der Waals surface area contributed by atoms with E-state index in [-0.39, 0.29) is 5.56 Å². The van der Waals surface area contributed by atoms with Gasteiger partial charge in [-0.3, -0.25) is 9.36 Å². The Morgan fingerprint density at radius 3 is 2.81 bits per heavy atom. The van der Waals surface area contributed by atoms with Crippen LogP contribution in [0, 0.1) is 0 Å². The standard InChI is InChI=1S/C21H17ClN8O2/c22-14-6-7-29-17(14)21(32)30(12-4-2-1-3-5-12)19(27-29)15-8-13(31)9-28(15)20-16-18(24-10-23-16)25-11-26-20/h1-7,10-11,13,15,31H,8-9H2,(H,23,24,25,26)/t13-,15-/m0/s1. The maximum absolute atomic E-state index is 13.6. The summed E-state index contributed by atoms with van der Waals surface area (Å²) in [5.74, 6) is 1.07. The molecule has 6 rings (SSSR count). The number of fused-ring (bicyclic) bond motifs is 2. The molecule has 1 aliphatic heterocycles. The van der Waals surface area contributed by atoms with Crippen LogP contribution in [0.15, 0.2) is 60.0 Å². The number of hydrogen-bond donors (Lipinski definition) is 2.